The van der Waals surface area contributed by atoms with Gasteiger partial charge in [0.05, 0.1) is 10.0 Å². The number of aromatic nitrogens is 1. The van der Waals surface area contributed by atoms with Gasteiger partial charge in [-0.25, -0.2) is 0 Å². The summed E-state index contributed by atoms with van der Waals surface area (Å²) in [4.78, 5) is 30.9. The lowest BCUT2D eigenvalue weighted by molar-refractivity contribution is -0.131. The van der Waals surface area contributed by atoms with E-state index >= 15 is 0 Å². The second-order valence-corrected chi connectivity index (χ2v) is 6.60. The SMILES string of the molecule is CC(=O)N1CCN(C(=O)c2cc3c(Cl)c(Cl)ccc3[nH]2)[C@H](C)C1. The van der Waals surface area contributed by atoms with Gasteiger partial charge in [0.2, 0.25) is 5.91 Å². The number of fused-ring (bicyclic) bond motifs is 1. The molecule has 2 heterocycles. The van der Waals surface area contributed by atoms with Crippen LogP contribution >= 0.6 is 23.2 Å². The maximum Gasteiger partial charge on any atom is 0.270 e. The van der Waals surface area contributed by atoms with E-state index in [1.807, 2.05) is 6.92 Å². The van der Waals surface area contributed by atoms with Crippen LogP contribution < -0.4 is 0 Å². The van der Waals surface area contributed by atoms with Crippen LogP contribution in [0.1, 0.15) is 24.3 Å². The zero-order valence-electron chi connectivity index (χ0n) is 12.9. The fourth-order valence-electron chi connectivity index (χ4n) is 2.96. The second-order valence-electron chi connectivity index (χ2n) is 5.82. The highest BCUT2D eigenvalue weighted by molar-refractivity contribution is 6.45. The van der Waals surface area contributed by atoms with Gasteiger partial charge in [-0.3, -0.25) is 9.59 Å². The number of amides is 2. The number of benzene rings is 1. The lowest BCUT2D eigenvalue weighted by Crippen LogP contribution is -2.55. The quantitative estimate of drug-likeness (QED) is 0.855. The summed E-state index contributed by atoms with van der Waals surface area (Å²) in [6, 6.07) is 5.20. The molecule has 1 saturated heterocycles. The molecule has 1 aliphatic heterocycles. The molecule has 1 atom stereocenters. The van der Waals surface area contributed by atoms with Gasteiger partial charge in [-0.1, -0.05) is 23.2 Å². The van der Waals surface area contributed by atoms with E-state index in [0.717, 1.165) is 10.9 Å². The number of piperazine rings is 1. The molecule has 1 N–H and O–H groups in total. The molecule has 23 heavy (non-hydrogen) atoms. The van der Waals surface area contributed by atoms with E-state index in [-0.39, 0.29) is 17.9 Å². The first kappa shape index (κ1) is 16.1. The van der Waals surface area contributed by atoms with Crippen molar-refractivity contribution in [3.8, 4) is 0 Å². The first-order chi connectivity index (χ1) is 10.9. The minimum Gasteiger partial charge on any atom is -0.350 e. The third kappa shape index (κ3) is 2.91. The lowest BCUT2D eigenvalue weighted by Gasteiger charge is -2.39. The van der Waals surface area contributed by atoms with Gasteiger partial charge >= 0.3 is 0 Å². The predicted octanol–water partition coefficient (Wildman–Crippen LogP) is 3.17. The van der Waals surface area contributed by atoms with Crippen LogP contribution in [0.25, 0.3) is 10.9 Å². The molecule has 122 valence electrons. The van der Waals surface area contributed by atoms with Crippen LogP contribution in [0.15, 0.2) is 18.2 Å². The number of hydrogen-bond acceptors (Lipinski definition) is 2. The molecular weight excluding hydrogens is 337 g/mol. The smallest absolute Gasteiger partial charge is 0.270 e. The Morgan fingerprint density at radius 2 is 2.00 bits per heavy atom. The zero-order chi connectivity index (χ0) is 16.7. The molecular formula is C16H17Cl2N3O2. The third-order valence-corrected chi connectivity index (χ3v) is 5.07. The Morgan fingerprint density at radius 3 is 2.65 bits per heavy atom. The molecule has 0 unspecified atom stereocenters. The van der Waals surface area contributed by atoms with Crippen molar-refractivity contribution in [1.82, 2.24) is 14.8 Å². The second kappa shape index (κ2) is 6.06. The molecule has 5 nitrogen and oxygen atoms in total. The standard InChI is InChI=1S/C16H17Cl2N3O2/c1-9-8-20(10(2)22)5-6-21(9)16(23)14-7-11-13(19-14)4-3-12(17)15(11)18/h3-4,7,9,19H,5-6,8H2,1-2H3/t9-/m1/s1. The van der Waals surface area contributed by atoms with E-state index < -0.39 is 0 Å². The van der Waals surface area contributed by atoms with Crippen molar-refractivity contribution < 1.29 is 9.59 Å². The number of hydrogen-bond donors (Lipinski definition) is 1. The summed E-state index contributed by atoms with van der Waals surface area (Å²) < 4.78 is 0. The highest BCUT2D eigenvalue weighted by Gasteiger charge is 2.30. The minimum absolute atomic E-state index is 0.0365. The lowest BCUT2D eigenvalue weighted by atomic mass is 10.1. The Bertz CT molecular complexity index is 787. The maximum absolute atomic E-state index is 12.8. The Hall–Kier alpha value is -1.72. The summed E-state index contributed by atoms with van der Waals surface area (Å²) >= 11 is 12.2. The summed E-state index contributed by atoms with van der Waals surface area (Å²) in [6.45, 7) is 5.11. The van der Waals surface area contributed by atoms with Crippen LogP contribution in [0.3, 0.4) is 0 Å². The van der Waals surface area contributed by atoms with Crippen LogP contribution in [0.4, 0.5) is 0 Å². The molecule has 7 heteroatoms. The molecule has 0 bridgehead atoms. The number of nitrogens with one attached hydrogen (secondary N) is 1. The average molecular weight is 354 g/mol. The molecule has 1 fully saturated rings. The summed E-state index contributed by atoms with van der Waals surface area (Å²) in [5, 5.41) is 1.63. The number of H-pyrrole nitrogens is 1. The van der Waals surface area contributed by atoms with Crippen molar-refractivity contribution in [3.63, 3.8) is 0 Å². The number of aromatic amines is 1. The molecule has 0 spiro atoms. The molecule has 2 aromatic rings. The highest BCUT2D eigenvalue weighted by Crippen LogP contribution is 2.31. The summed E-state index contributed by atoms with van der Waals surface area (Å²) in [5.74, 6) is -0.0555. The predicted molar refractivity (Wildman–Crippen MR) is 91.1 cm³/mol. The Kier molecular flexibility index (Phi) is 4.25. The molecule has 0 radical (unpaired) electrons. The number of nitrogens with zero attached hydrogens (tertiary/aromatic N) is 2. The Morgan fingerprint density at radius 1 is 1.26 bits per heavy atom. The number of carbonyl (C=O) groups is 2. The molecule has 1 aromatic carbocycles. The van der Waals surface area contributed by atoms with E-state index in [2.05, 4.69) is 4.98 Å². The normalized spacial score (nSPS) is 18.5. The van der Waals surface area contributed by atoms with Crippen LogP contribution in [0.5, 0.6) is 0 Å². The van der Waals surface area contributed by atoms with E-state index in [4.69, 9.17) is 23.2 Å². The van der Waals surface area contributed by atoms with Crippen LogP contribution in [-0.4, -0.2) is 52.3 Å². The zero-order valence-corrected chi connectivity index (χ0v) is 14.4. The van der Waals surface area contributed by atoms with Gasteiger partial charge in [0.1, 0.15) is 5.69 Å². The highest BCUT2D eigenvalue weighted by atomic mass is 35.5. The van der Waals surface area contributed by atoms with Crippen molar-refractivity contribution in [3.05, 3.63) is 33.9 Å². The van der Waals surface area contributed by atoms with Crippen LogP contribution in [-0.2, 0) is 4.79 Å². The summed E-state index contributed by atoms with van der Waals surface area (Å²) in [7, 11) is 0. The summed E-state index contributed by atoms with van der Waals surface area (Å²) in [6.07, 6.45) is 0. The first-order valence-electron chi connectivity index (χ1n) is 7.41. The van der Waals surface area contributed by atoms with Gasteiger partial charge in [0.25, 0.3) is 5.91 Å². The van der Waals surface area contributed by atoms with Crippen LogP contribution in [0.2, 0.25) is 10.0 Å². The van der Waals surface area contributed by atoms with E-state index in [9.17, 15) is 9.59 Å². The van der Waals surface area contributed by atoms with E-state index in [0.29, 0.717) is 35.4 Å². The fourth-order valence-corrected chi connectivity index (χ4v) is 3.34. The molecule has 1 aliphatic rings. The van der Waals surface area contributed by atoms with E-state index in [1.54, 1.807) is 34.9 Å². The average Bonchev–Trinajstić information content (AvgIpc) is 2.95. The van der Waals surface area contributed by atoms with E-state index in [1.165, 1.54) is 0 Å². The molecule has 3 rings (SSSR count). The molecule has 0 aliphatic carbocycles. The number of carbonyl (C=O) groups excluding carboxylic acids is 2. The largest absolute Gasteiger partial charge is 0.350 e. The monoisotopic (exact) mass is 353 g/mol. The Balaban J connectivity index is 1.86. The summed E-state index contributed by atoms with van der Waals surface area (Å²) in [5.41, 5.74) is 1.25. The van der Waals surface area contributed by atoms with Crippen LogP contribution in [0, 0.1) is 0 Å². The molecule has 1 aromatic heterocycles. The molecule has 0 saturated carbocycles. The van der Waals surface area contributed by atoms with Crippen molar-refractivity contribution >= 4 is 45.9 Å². The van der Waals surface area contributed by atoms with Crippen molar-refractivity contribution in [2.24, 2.45) is 0 Å². The fraction of sp³-hybridized carbons (Fsp3) is 0.375. The van der Waals surface area contributed by atoms with Gasteiger partial charge in [-0.2, -0.15) is 0 Å². The van der Waals surface area contributed by atoms with Gasteiger partial charge in [0.15, 0.2) is 0 Å². The maximum atomic E-state index is 12.8. The van der Waals surface area contributed by atoms with Crippen molar-refractivity contribution in [2.45, 2.75) is 19.9 Å². The van der Waals surface area contributed by atoms with Gasteiger partial charge in [0, 0.05) is 43.5 Å². The number of rotatable bonds is 1. The topological polar surface area (TPSA) is 56.4 Å². The Labute approximate surface area is 144 Å². The van der Waals surface area contributed by atoms with Gasteiger partial charge < -0.3 is 14.8 Å². The first-order valence-corrected chi connectivity index (χ1v) is 8.17. The van der Waals surface area contributed by atoms with Crippen molar-refractivity contribution in [2.75, 3.05) is 19.6 Å². The van der Waals surface area contributed by atoms with Gasteiger partial charge in [-0.05, 0) is 25.1 Å². The molecule has 2 amide bonds. The number of halogens is 2. The minimum atomic E-state index is -0.0934. The third-order valence-electron chi connectivity index (χ3n) is 4.25. The van der Waals surface area contributed by atoms with Crippen molar-refractivity contribution in [1.29, 1.82) is 0 Å². The van der Waals surface area contributed by atoms with Gasteiger partial charge in [-0.15, -0.1) is 0 Å².